The second-order valence-corrected chi connectivity index (χ2v) is 6.18. The third-order valence-corrected chi connectivity index (χ3v) is 3.84. The third-order valence-electron chi connectivity index (χ3n) is 3.84. The van der Waals surface area contributed by atoms with Crippen LogP contribution >= 0.6 is 0 Å². The summed E-state index contributed by atoms with van der Waals surface area (Å²) in [5.74, 6) is -0.104. The quantitative estimate of drug-likeness (QED) is 0.920. The summed E-state index contributed by atoms with van der Waals surface area (Å²) in [4.78, 5) is 18.8. The molecule has 0 bridgehead atoms. The Bertz CT molecular complexity index is 645. The van der Waals surface area contributed by atoms with Gasteiger partial charge in [-0.2, -0.15) is 0 Å². The zero-order valence-electron chi connectivity index (χ0n) is 14.1. The molecule has 1 atom stereocenters. The smallest absolute Gasteiger partial charge is 0.256 e. The van der Waals surface area contributed by atoms with Crippen LogP contribution in [0.3, 0.4) is 0 Å². The molecule has 0 saturated carbocycles. The summed E-state index contributed by atoms with van der Waals surface area (Å²) >= 11 is 0. The summed E-state index contributed by atoms with van der Waals surface area (Å²) in [5, 5.41) is 10.7. The SMILES string of the molecule is CC(C)N(C(=O)c1cnccc1C(O)c1ccccc1)C(C)C. The number of pyridine rings is 1. The van der Waals surface area contributed by atoms with Gasteiger partial charge in [0.05, 0.1) is 5.56 Å². The van der Waals surface area contributed by atoms with Gasteiger partial charge >= 0.3 is 0 Å². The molecule has 4 heteroatoms. The van der Waals surface area contributed by atoms with Crippen LogP contribution in [-0.2, 0) is 0 Å². The van der Waals surface area contributed by atoms with E-state index >= 15 is 0 Å². The van der Waals surface area contributed by atoms with Gasteiger partial charge in [0.1, 0.15) is 6.10 Å². The van der Waals surface area contributed by atoms with Crippen molar-refractivity contribution < 1.29 is 9.90 Å². The number of hydrogen-bond donors (Lipinski definition) is 1. The molecule has 0 aliphatic heterocycles. The number of nitrogens with zero attached hydrogens (tertiary/aromatic N) is 2. The number of aliphatic hydroxyl groups is 1. The standard InChI is InChI=1S/C19H24N2O2/c1-13(2)21(14(3)4)19(23)17-12-20-11-10-16(17)18(22)15-8-6-5-7-9-15/h5-14,18,22H,1-4H3. The molecule has 1 heterocycles. The van der Waals surface area contributed by atoms with Crippen LogP contribution in [0.2, 0.25) is 0 Å². The average molecular weight is 312 g/mol. The monoisotopic (exact) mass is 312 g/mol. The Morgan fingerprint density at radius 3 is 2.22 bits per heavy atom. The van der Waals surface area contributed by atoms with E-state index in [1.54, 1.807) is 23.4 Å². The van der Waals surface area contributed by atoms with Gasteiger partial charge in [0.15, 0.2) is 0 Å². The third kappa shape index (κ3) is 3.77. The number of carbonyl (C=O) groups excluding carboxylic acids is 1. The fourth-order valence-electron chi connectivity index (χ4n) is 2.84. The Labute approximate surface area is 137 Å². The minimum absolute atomic E-state index is 0.0735. The zero-order valence-corrected chi connectivity index (χ0v) is 14.1. The van der Waals surface area contributed by atoms with Crippen LogP contribution in [-0.4, -0.2) is 33.0 Å². The first-order chi connectivity index (χ1) is 10.9. The summed E-state index contributed by atoms with van der Waals surface area (Å²) in [5.41, 5.74) is 1.79. The van der Waals surface area contributed by atoms with Gasteiger partial charge in [0.25, 0.3) is 5.91 Å². The van der Waals surface area contributed by atoms with Crippen molar-refractivity contribution >= 4 is 5.91 Å². The fraction of sp³-hybridized carbons (Fsp3) is 0.368. The Kier molecular flexibility index (Phi) is 5.50. The summed E-state index contributed by atoms with van der Waals surface area (Å²) in [7, 11) is 0. The maximum Gasteiger partial charge on any atom is 0.256 e. The molecular weight excluding hydrogens is 288 g/mol. The molecule has 0 aliphatic carbocycles. The van der Waals surface area contributed by atoms with E-state index in [0.29, 0.717) is 11.1 Å². The van der Waals surface area contributed by atoms with E-state index < -0.39 is 6.10 Å². The van der Waals surface area contributed by atoms with Crippen molar-refractivity contribution in [1.82, 2.24) is 9.88 Å². The molecule has 122 valence electrons. The summed E-state index contributed by atoms with van der Waals surface area (Å²) in [6.45, 7) is 7.95. The normalized spacial score (nSPS) is 12.5. The number of benzene rings is 1. The lowest BCUT2D eigenvalue weighted by molar-refractivity contribution is 0.0638. The zero-order chi connectivity index (χ0) is 17.0. The Morgan fingerprint density at radius 1 is 1.04 bits per heavy atom. The van der Waals surface area contributed by atoms with Crippen molar-refractivity contribution in [2.24, 2.45) is 0 Å². The first-order valence-electron chi connectivity index (χ1n) is 7.93. The largest absolute Gasteiger partial charge is 0.384 e. The van der Waals surface area contributed by atoms with Crippen LogP contribution in [0.15, 0.2) is 48.8 Å². The lowest BCUT2D eigenvalue weighted by atomic mass is 9.97. The molecule has 2 rings (SSSR count). The number of amides is 1. The lowest BCUT2D eigenvalue weighted by Gasteiger charge is -2.31. The Balaban J connectivity index is 2.43. The Morgan fingerprint density at radius 2 is 1.65 bits per heavy atom. The second-order valence-electron chi connectivity index (χ2n) is 6.18. The van der Waals surface area contributed by atoms with E-state index in [1.165, 1.54) is 0 Å². The van der Waals surface area contributed by atoms with Gasteiger partial charge < -0.3 is 10.0 Å². The van der Waals surface area contributed by atoms with Crippen molar-refractivity contribution in [2.45, 2.75) is 45.9 Å². The van der Waals surface area contributed by atoms with Crippen LogP contribution in [0.5, 0.6) is 0 Å². The molecule has 1 amide bonds. The molecule has 1 aromatic carbocycles. The first-order valence-corrected chi connectivity index (χ1v) is 7.93. The molecule has 0 fully saturated rings. The number of aromatic nitrogens is 1. The molecule has 23 heavy (non-hydrogen) atoms. The van der Waals surface area contributed by atoms with E-state index in [0.717, 1.165) is 5.56 Å². The van der Waals surface area contributed by atoms with Gasteiger partial charge in [0, 0.05) is 30.0 Å². The summed E-state index contributed by atoms with van der Waals surface area (Å²) in [6.07, 6.45) is 2.30. The predicted octanol–water partition coefficient (Wildman–Crippen LogP) is 3.42. The molecule has 1 N–H and O–H groups in total. The van der Waals surface area contributed by atoms with Crippen molar-refractivity contribution in [3.05, 3.63) is 65.5 Å². The number of hydrogen-bond acceptors (Lipinski definition) is 3. The van der Waals surface area contributed by atoms with Gasteiger partial charge in [-0.05, 0) is 39.3 Å². The first kappa shape index (κ1) is 17.2. The molecule has 2 aromatic rings. The molecule has 4 nitrogen and oxygen atoms in total. The predicted molar refractivity (Wildman–Crippen MR) is 91.2 cm³/mol. The highest BCUT2D eigenvalue weighted by Crippen LogP contribution is 2.26. The van der Waals surface area contributed by atoms with E-state index in [9.17, 15) is 9.90 Å². The van der Waals surface area contributed by atoms with E-state index in [2.05, 4.69) is 4.98 Å². The Hall–Kier alpha value is -2.20. The van der Waals surface area contributed by atoms with Gasteiger partial charge in [0.2, 0.25) is 0 Å². The van der Waals surface area contributed by atoms with Gasteiger partial charge in [-0.15, -0.1) is 0 Å². The van der Waals surface area contributed by atoms with Gasteiger partial charge in [-0.3, -0.25) is 9.78 Å². The molecular formula is C19H24N2O2. The highest BCUT2D eigenvalue weighted by Gasteiger charge is 2.26. The maximum atomic E-state index is 13.0. The highest BCUT2D eigenvalue weighted by molar-refractivity contribution is 5.96. The van der Waals surface area contributed by atoms with Crippen LogP contribution in [0.1, 0.15) is 55.3 Å². The van der Waals surface area contributed by atoms with Crippen molar-refractivity contribution in [2.75, 3.05) is 0 Å². The van der Waals surface area contributed by atoms with Gasteiger partial charge in [-0.25, -0.2) is 0 Å². The maximum absolute atomic E-state index is 13.0. The lowest BCUT2D eigenvalue weighted by Crippen LogP contribution is -2.42. The van der Waals surface area contributed by atoms with Crippen LogP contribution in [0, 0.1) is 0 Å². The van der Waals surface area contributed by atoms with Crippen LogP contribution in [0.4, 0.5) is 0 Å². The fourth-order valence-corrected chi connectivity index (χ4v) is 2.84. The molecule has 0 radical (unpaired) electrons. The molecule has 1 aromatic heterocycles. The molecule has 1 unspecified atom stereocenters. The van der Waals surface area contributed by atoms with Crippen molar-refractivity contribution in [1.29, 1.82) is 0 Å². The van der Waals surface area contributed by atoms with Crippen LogP contribution in [0.25, 0.3) is 0 Å². The minimum atomic E-state index is -0.848. The number of carbonyl (C=O) groups is 1. The molecule has 0 saturated heterocycles. The van der Waals surface area contributed by atoms with Crippen molar-refractivity contribution in [3.63, 3.8) is 0 Å². The van der Waals surface area contributed by atoms with E-state index in [1.807, 2.05) is 58.0 Å². The summed E-state index contributed by atoms with van der Waals surface area (Å²) < 4.78 is 0. The van der Waals surface area contributed by atoms with E-state index in [-0.39, 0.29) is 18.0 Å². The second kappa shape index (κ2) is 7.38. The average Bonchev–Trinajstić information content (AvgIpc) is 2.54. The van der Waals surface area contributed by atoms with Crippen molar-refractivity contribution in [3.8, 4) is 0 Å². The highest BCUT2D eigenvalue weighted by atomic mass is 16.3. The van der Waals surface area contributed by atoms with Gasteiger partial charge in [-0.1, -0.05) is 30.3 Å². The molecule has 0 aliphatic rings. The number of rotatable bonds is 5. The summed E-state index contributed by atoms with van der Waals surface area (Å²) in [6, 6.07) is 11.2. The molecule has 0 spiro atoms. The topological polar surface area (TPSA) is 53.4 Å². The van der Waals surface area contributed by atoms with Crippen LogP contribution < -0.4 is 0 Å². The number of aliphatic hydroxyl groups excluding tert-OH is 1. The minimum Gasteiger partial charge on any atom is -0.384 e. The van der Waals surface area contributed by atoms with E-state index in [4.69, 9.17) is 0 Å².